The van der Waals surface area contributed by atoms with E-state index in [1.807, 2.05) is 10.9 Å². The minimum absolute atomic E-state index is 0.246. The van der Waals surface area contributed by atoms with E-state index in [0.29, 0.717) is 0 Å². The van der Waals surface area contributed by atoms with Crippen LogP contribution in [0.1, 0.15) is 12.5 Å². The summed E-state index contributed by atoms with van der Waals surface area (Å²) in [5, 5.41) is 4.35. The molecule has 3 aromatic rings. The summed E-state index contributed by atoms with van der Waals surface area (Å²) in [6.45, 7) is 7.58. The van der Waals surface area contributed by atoms with E-state index in [0.717, 1.165) is 56.3 Å². The second-order valence-corrected chi connectivity index (χ2v) is 6.70. The molecule has 6 nitrogen and oxygen atoms in total. The molecule has 0 amide bonds. The van der Waals surface area contributed by atoms with Gasteiger partial charge in [0.25, 0.3) is 0 Å². The molecule has 2 aromatic heterocycles. The Bertz CT molecular complexity index is 883. The highest BCUT2D eigenvalue weighted by Gasteiger charge is 2.21. The SMILES string of the molecule is CCn1cc(CN2CCN(c3nccnc3-c3ccc(F)cc3)CC2)cn1. The molecule has 1 aromatic carbocycles. The fourth-order valence-corrected chi connectivity index (χ4v) is 3.41. The molecule has 0 saturated carbocycles. The van der Waals surface area contributed by atoms with Gasteiger partial charge in [-0.3, -0.25) is 14.6 Å². The molecule has 0 unspecified atom stereocenters. The summed E-state index contributed by atoms with van der Waals surface area (Å²) < 4.78 is 15.2. The van der Waals surface area contributed by atoms with Crippen LogP contribution in [0.2, 0.25) is 0 Å². The number of rotatable bonds is 5. The van der Waals surface area contributed by atoms with Gasteiger partial charge in [0.05, 0.1) is 6.20 Å². The van der Waals surface area contributed by atoms with Crippen molar-refractivity contribution in [3.05, 3.63) is 60.4 Å². The number of piperazine rings is 1. The smallest absolute Gasteiger partial charge is 0.155 e. The number of benzene rings is 1. The van der Waals surface area contributed by atoms with Gasteiger partial charge in [0.1, 0.15) is 11.5 Å². The Morgan fingerprint density at radius 3 is 2.44 bits per heavy atom. The van der Waals surface area contributed by atoms with Crippen LogP contribution in [0, 0.1) is 5.82 Å². The molecule has 140 valence electrons. The van der Waals surface area contributed by atoms with E-state index in [1.165, 1.54) is 17.7 Å². The monoisotopic (exact) mass is 366 g/mol. The summed E-state index contributed by atoms with van der Waals surface area (Å²) in [6, 6.07) is 6.43. The summed E-state index contributed by atoms with van der Waals surface area (Å²) in [5.74, 6) is 0.617. The molecule has 27 heavy (non-hydrogen) atoms. The van der Waals surface area contributed by atoms with Gasteiger partial charge in [-0.15, -0.1) is 0 Å². The Morgan fingerprint density at radius 1 is 1.00 bits per heavy atom. The van der Waals surface area contributed by atoms with Crippen molar-refractivity contribution < 1.29 is 4.39 Å². The highest BCUT2D eigenvalue weighted by molar-refractivity contribution is 5.72. The van der Waals surface area contributed by atoms with E-state index in [-0.39, 0.29) is 5.82 Å². The topological polar surface area (TPSA) is 50.1 Å². The lowest BCUT2D eigenvalue weighted by atomic mass is 10.1. The lowest BCUT2D eigenvalue weighted by molar-refractivity contribution is 0.249. The first-order valence-electron chi connectivity index (χ1n) is 9.28. The molecule has 0 atom stereocenters. The average Bonchev–Trinajstić information content (AvgIpc) is 3.17. The molecule has 1 aliphatic heterocycles. The van der Waals surface area contributed by atoms with Crippen LogP contribution in [0.3, 0.4) is 0 Å². The van der Waals surface area contributed by atoms with E-state index >= 15 is 0 Å². The predicted octanol–water partition coefficient (Wildman–Crippen LogP) is 2.82. The van der Waals surface area contributed by atoms with Gasteiger partial charge in [-0.2, -0.15) is 5.10 Å². The van der Waals surface area contributed by atoms with Crippen molar-refractivity contribution in [2.75, 3.05) is 31.1 Å². The zero-order valence-corrected chi connectivity index (χ0v) is 15.4. The molecular formula is C20H23FN6. The number of aromatic nitrogens is 4. The fraction of sp³-hybridized carbons (Fsp3) is 0.350. The van der Waals surface area contributed by atoms with E-state index in [4.69, 9.17) is 0 Å². The van der Waals surface area contributed by atoms with Crippen molar-refractivity contribution >= 4 is 5.82 Å². The molecule has 4 rings (SSSR count). The predicted molar refractivity (Wildman–Crippen MR) is 103 cm³/mol. The molecule has 0 N–H and O–H groups in total. The maximum Gasteiger partial charge on any atom is 0.155 e. The Balaban J connectivity index is 1.44. The summed E-state index contributed by atoms with van der Waals surface area (Å²) in [5.41, 5.74) is 2.93. The van der Waals surface area contributed by atoms with Crippen LogP contribution < -0.4 is 4.90 Å². The minimum atomic E-state index is -0.246. The second-order valence-electron chi connectivity index (χ2n) is 6.70. The summed E-state index contributed by atoms with van der Waals surface area (Å²) >= 11 is 0. The lowest BCUT2D eigenvalue weighted by Gasteiger charge is -2.35. The molecular weight excluding hydrogens is 343 g/mol. The zero-order valence-electron chi connectivity index (χ0n) is 15.4. The second kappa shape index (κ2) is 7.84. The number of nitrogens with zero attached hydrogens (tertiary/aromatic N) is 6. The number of anilines is 1. The van der Waals surface area contributed by atoms with Gasteiger partial charge in [0.15, 0.2) is 5.82 Å². The van der Waals surface area contributed by atoms with Crippen LogP contribution in [0.15, 0.2) is 49.1 Å². The van der Waals surface area contributed by atoms with Gasteiger partial charge in [-0.25, -0.2) is 9.37 Å². The van der Waals surface area contributed by atoms with E-state index in [1.54, 1.807) is 24.5 Å². The first-order valence-corrected chi connectivity index (χ1v) is 9.28. The van der Waals surface area contributed by atoms with Crippen molar-refractivity contribution in [3.8, 4) is 11.3 Å². The van der Waals surface area contributed by atoms with Crippen LogP contribution in [-0.4, -0.2) is 50.8 Å². The van der Waals surface area contributed by atoms with E-state index in [2.05, 4.69) is 38.0 Å². The standard InChI is InChI=1S/C20H23FN6/c1-2-27-15-16(13-24-27)14-25-9-11-26(12-10-25)20-19(22-7-8-23-20)17-3-5-18(21)6-4-17/h3-8,13,15H,2,9-12,14H2,1H3. The Kier molecular flexibility index (Phi) is 5.11. The van der Waals surface area contributed by atoms with E-state index < -0.39 is 0 Å². The zero-order chi connectivity index (χ0) is 18.6. The van der Waals surface area contributed by atoms with Gasteiger partial charge >= 0.3 is 0 Å². The molecule has 0 aliphatic carbocycles. The number of hydrogen-bond acceptors (Lipinski definition) is 5. The van der Waals surface area contributed by atoms with Crippen LogP contribution in [0.25, 0.3) is 11.3 Å². The highest BCUT2D eigenvalue weighted by Crippen LogP contribution is 2.27. The van der Waals surface area contributed by atoms with Crippen LogP contribution in [-0.2, 0) is 13.1 Å². The third-order valence-electron chi connectivity index (χ3n) is 4.89. The largest absolute Gasteiger partial charge is 0.352 e. The van der Waals surface area contributed by atoms with Crippen LogP contribution in [0.4, 0.5) is 10.2 Å². The maximum atomic E-state index is 13.2. The number of hydrogen-bond donors (Lipinski definition) is 0. The Labute approximate surface area is 158 Å². The number of halogens is 1. The van der Waals surface area contributed by atoms with Crippen molar-refractivity contribution in [1.82, 2.24) is 24.6 Å². The van der Waals surface area contributed by atoms with Crippen molar-refractivity contribution in [1.29, 1.82) is 0 Å². The van der Waals surface area contributed by atoms with Crippen LogP contribution >= 0.6 is 0 Å². The fourth-order valence-electron chi connectivity index (χ4n) is 3.41. The first-order chi connectivity index (χ1) is 13.2. The Morgan fingerprint density at radius 2 is 1.74 bits per heavy atom. The molecule has 1 saturated heterocycles. The molecule has 1 fully saturated rings. The molecule has 1 aliphatic rings. The number of aryl methyl sites for hydroxylation is 1. The lowest BCUT2D eigenvalue weighted by Crippen LogP contribution is -2.46. The van der Waals surface area contributed by atoms with Gasteiger partial charge in [-0.1, -0.05) is 0 Å². The highest BCUT2D eigenvalue weighted by atomic mass is 19.1. The van der Waals surface area contributed by atoms with Gasteiger partial charge in [0.2, 0.25) is 0 Å². The minimum Gasteiger partial charge on any atom is -0.352 e. The summed E-state index contributed by atoms with van der Waals surface area (Å²) in [7, 11) is 0. The average molecular weight is 366 g/mol. The van der Waals surface area contributed by atoms with Gasteiger partial charge in [-0.05, 0) is 31.2 Å². The van der Waals surface area contributed by atoms with Crippen LogP contribution in [0.5, 0.6) is 0 Å². The Hall–Kier alpha value is -2.80. The molecule has 3 heterocycles. The van der Waals surface area contributed by atoms with E-state index in [9.17, 15) is 4.39 Å². The normalized spacial score (nSPS) is 15.3. The maximum absolute atomic E-state index is 13.2. The molecule has 0 bridgehead atoms. The summed E-state index contributed by atoms with van der Waals surface area (Å²) in [4.78, 5) is 13.8. The van der Waals surface area contributed by atoms with Crippen molar-refractivity contribution in [2.45, 2.75) is 20.0 Å². The molecule has 0 spiro atoms. The molecule has 0 radical (unpaired) electrons. The van der Waals surface area contributed by atoms with Crippen molar-refractivity contribution in [3.63, 3.8) is 0 Å². The third kappa shape index (κ3) is 3.98. The van der Waals surface area contributed by atoms with Gasteiger partial charge in [0, 0.05) is 69.0 Å². The quantitative estimate of drug-likeness (QED) is 0.695. The van der Waals surface area contributed by atoms with Crippen molar-refractivity contribution in [2.24, 2.45) is 0 Å². The summed E-state index contributed by atoms with van der Waals surface area (Å²) in [6.07, 6.45) is 7.46. The molecule has 7 heteroatoms. The third-order valence-corrected chi connectivity index (χ3v) is 4.89. The first kappa shape index (κ1) is 17.6. The van der Waals surface area contributed by atoms with Gasteiger partial charge < -0.3 is 4.90 Å².